The van der Waals surface area contributed by atoms with Gasteiger partial charge in [-0.15, -0.1) is 0 Å². The summed E-state index contributed by atoms with van der Waals surface area (Å²) in [4.78, 5) is 2.85. The van der Waals surface area contributed by atoms with Crippen molar-refractivity contribution in [1.29, 1.82) is 0 Å². The molecule has 94 valence electrons. The smallest absolute Gasteiger partial charge is 0.0180 e. The average molecular weight is 223 g/mol. The van der Waals surface area contributed by atoms with Crippen LogP contribution in [-0.2, 0) is 0 Å². The van der Waals surface area contributed by atoms with Gasteiger partial charge < -0.3 is 0 Å². The molecule has 0 spiro atoms. The minimum Gasteiger partial charge on any atom is -0.292 e. The summed E-state index contributed by atoms with van der Waals surface area (Å²) < 4.78 is 0. The Morgan fingerprint density at radius 3 is 1.62 bits per heavy atom. The maximum Gasteiger partial charge on any atom is 0.0180 e. The number of hydrogen-bond acceptors (Lipinski definition) is 1. The maximum absolute atomic E-state index is 2.85. The van der Waals surface area contributed by atoms with Gasteiger partial charge in [0.1, 0.15) is 0 Å². The summed E-state index contributed by atoms with van der Waals surface area (Å²) in [6.07, 6.45) is 5.82. The zero-order valence-corrected chi connectivity index (χ0v) is 12.0. The van der Waals surface area contributed by atoms with Crippen LogP contribution in [0, 0.1) is 11.3 Å². The van der Waals surface area contributed by atoms with E-state index in [1.54, 1.807) is 0 Å². The molecule has 3 rings (SSSR count). The molecular formula is C15H29N. The minimum atomic E-state index is 0.335. The molecule has 1 unspecified atom stereocenters. The summed E-state index contributed by atoms with van der Waals surface area (Å²) in [6, 6.07) is 1.65. The first-order chi connectivity index (χ1) is 7.21. The van der Waals surface area contributed by atoms with Crippen LogP contribution in [0.4, 0.5) is 0 Å². The Balaban J connectivity index is 2.32. The van der Waals surface area contributed by atoms with Crippen molar-refractivity contribution in [3.8, 4) is 0 Å². The zero-order chi connectivity index (χ0) is 12.1. The molecule has 1 atom stereocenters. The van der Waals surface area contributed by atoms with Gasteiger partial charge in [0.05, 0.1) is 0 Å². The van der Waals surface area contributed by atoms with E-state index >= 15 is 0 Å². The molecule has 1 nitrogen and oxygen atoms in total. The third kappa shape index (κ3) is 2.03. The van der Waals surface area contributed by atoms with Gasteiger partial charge in [-0.25, -0.2) is 0 Å². The van der Waals surface area contributed by atoms with Crippen LogP contribution in [0.5, 0.6) is 0 Å². The zero-order valence-electron chi connectivity index (χ0n) is 12.0. The summed E-state index contributed by atoms with van der Waals surface area (Å²) in [5.74, 6) is 0.948. The van der Waals surface area contributed by atoms with Crippen LogP contribution in [0.2, 0.25) is 0 Å². The first kappa shape index (κ1) is 12.4. The van der Waals surface area contributed by atoms with Crippen LogP contribution in [-0.4, -0.2) is 22.5 Å². The largest absolute Gasteiger partial charge is 0.292 e. The van der Waals surface area contributed by atoms with E-state index in [4.69, 9.17) is 0 Å². The molecule has 1 aliphatic carbocycles. The van der Waals surface area contributed by atoms with E-state index in [0.717, 1.165) is 18.0 Å². The van der Waals surface area contributed by atoms with Gasteiger partial charge in [-0.05, 0) is 57.8 Å². The summed E-state index contributed by atoms with van der Waals surface area (Å²) in [7, 11) is 0. The Hall–Kier alpha value is -0.0400. The molecule has 1 saturated carbocycles. The lowest BCUT2D eigenvalue weighted by atomic mass is 9.65. The third-order valence-electron chi connectivity index (χ3n) is 4.54. The van der Waals surface area contributed by atoms with E-state index in [2.05, 4.69) is 46.4 Å². The highest BCUT2D eigenvalue weighted by atomic mass is 15.3. The highest BCUT2D eigenvalue weighted by Gasteiger charge is 2.49. The number of fused-ring (bicyclic) bond motifs is 3. The van der Waals surface area contributed by atoms with Crippen LogP contribution < -0.4 is 0 Å². The lowest BCUT2D eigenvalue weighted by Crippen LogP contribution is -2.65. The molecule has 0 amide bonds. The van der Waals surface area contributed by atoms with Crippen molar-refractivity contribution >= 4 is 0 Å². The molecule has 2 heterocycles. The monoisotopic (exact) mass is 223 g/mol. The van der Waals surface area contributed by atoms with Crippen LogP contribution in [0.1, 0.15) is 67.2 Å². The molecule has 0 radical (unpaired) electrons. The molecular weight excluding hydrogens is 194 g/mol. The fraction of sp³-hybridized carbons (Fsp3) is 1.00. The van der Waals surface area contributed by atoms with Crippen LogP contribution in [0.3, 0.4) is 0 Å². The van der Waals surface area contributed by atoms with Crippen LogP contribution in [0.25, 0.3) is 0 Å². The normalized spacial score (nSPS) is 36.8. The predicted molar refractivity (Wildman–Crippen MR) is 70.6 cm³/mol. The highest BCUT2D eigenvalue weighted by molar-refractivity contribution is 5.03. The van der Waals surface area contributed by atoms with E-state index in [-0.39, 0.29) is 0 Å². The first-order valence-corrected chi connectivity index (χ1v) is 7.00. The molecule has 0 aromatic rings. The molecule has 3 fully saturated rings. The number of piperidine rings is 2. The molecule has 0 aromatic carbocycles. The molecule has 1 heteroatoms. The van der Waals surface area contributed by atoms with Crippen molar-refractivity contribution in [1.82, 2.24) is 4.90 Å². The van der Waals surface area contributed by atoms with E-state index in [0.29, 0.717) is 11.0 Å². The SMILES string of the molecule is CC(C)(C)C1C2CCC(CC2)N1C(C)(C)C. The van der Waals surface area contributed by atoms with E-state index < -0.39 is 0 Å². The molecule has 3 aliphatic rings. The van der Waals surface area contributed by atoms with Gasteiger partial charge in [-0.3, -0.25) is 4.90 Å². The second-order valence-corrected chi connectivity index (χ2v) is 7.96. The predicted octanol–water partition coefficient (Wildman–Crippen LogP) is 4.07. The van der Waals surface area contributed by atoms with Crippen molar-refractivity contribution in [2.45, 2.75) is 84.8 Å². The van der Waals surface area contributed by atoms with Crippen molar-refractivity contribution in [2.75, 3.05) is 0 Å². The van der Waals surface area contributed by atoms with Gasteiger partial charge >= 0.3 is 0 Å². The topological polar surface area (TPSA) is 3.24 Å². The van der Waals surface area contributed by atoms with E-state index in [1.807, 2.05) is 0 Å². The van der Waals surface area contributed by atoms with Gasteiger partial charge in [0.25, 0.3) is 0 Å². The standard InChI is InChI=1S/C15H29N/c1-14(2,3)13-11-7-9-12(10-8-11)16(13)15(4,5)6/h11-13H,7-10H2,1-6H3. The highest BCUT2D eigenvalue weighted by Crippen LogP contribution is 2.48. The average Bonchev–Trinajstić information content (AvgIpc) is 2.15. The number of nitrogens with zero attached hydrogens (tertiary/aromatic N) is 1. The number of hydrogen-bond donors (Lipinski definition) is 0. The fourth-order valence-electron chi connectivity index (χ4n) is 4.24. The summed E-state index contributed by atoms with van der Waals surface area (Å²) >= 11 is 0. The maximum atomic E-state index is 2.85. The van der Waals surface area contributed by atoms with Gasteiger partial charge in [-0.1, -0.05) is 20.8 Å². The molecule has 0 aromatic heterocycles. The van der Waals surface area contributed by atoms with E-state index in [1.165, 1.54) is 25.7 Å². The molecule has 2 saturated heterocycles. The van der Waals surface area contributed by atoms with Crippen molar-refractivity contribution in [2.24, 2.45) is 11.3 Å². The van der Waals surface area contributed by atoms with Gasteiger partial charge in [0.15, 0.2) is 0 Å². The molecule has 2 aliphatic heterocycles. The van der Waals surface area contributed by atoms with Crippen LogP contribution in [0.15, 0.2) is 0 Å². The second kappa shape index (κ2) is 3.73. The number of rotatable bonds is 0. The molecule has 16 heavy (non-hydrogen) atoms. The quantitative estimate of drug-likeness (QED) is 0.598. The summed E-state index contributed by atoms with van der Waals surface area (Å²) in [6.45, 7) is 14.5. The van der Waals surface area contributed by atoms with Crippen LogP contribution >= 0.6 is 0 Å². The van der Waals surface area contributed by atoms with Gasteiger partial charge in [0.2, 0.25) is 0 Å². The first-order valence-electron chi connectivity index (χ1n) is 7.00. The van der Waals surface area contributed by atoms with Crippen molar-refractivity contribution < 1.29 is 0 Å². The Bertz CT molecular complexity index is 220. The third-order valence-corrected chi connectivity index (χ3v) is 4.54. The summed E-state index contributed by atoms with van der Waals surface area (Å²) in [5.41, 5.74) is 0.763. The lowest BCUT2D eigenvalue weighted by molar-refractivity contribution is -0.109. The Labute approximate surface area is 102 Å². The Kier molecular flexibility index (Phi) is 2.89. The summed E-state index contributed by atoms with van der Waals surface area (Å²) in [5, 5.41) is 0. The van der Waals surface area contributed by atoms with Gasteiger partial charge in [0, 0.05) is 17.6 Å². The fourth-order valence-corrected chi connectivity index (χ4v) is 4.24. The van der Waals surface area contributed by atoms with Crippen molar-refractivity contribution in [3.05, 3.63) is 0 Å². The van der Waals surface area contributed by atoms with Crippen molar-refractivity contribution in [3.63, 3.8) is 0 Å². The lowest BCUT2D eigenvalue weighted by Gasteiger charge is -2.60. The Morgan fingerprint density at radius 2 is 1.31 bits per heavy atom. The second-order valence-electron chi connectivity index (χ2n) is 7.96. The Morgan fingerprint density at radius 1 is 0.812 bits per heavy atom. The van der Waals surface area contributed by atoms with Gasteiger partial charge in [-0.2, -0.15) is 0 Å². The van der Waals surface area contributed by atoms with E-state index in [9.17, 15) is 0 Å². The molecule has 0 N–H and O–H groups in total. The minimum absolute atomic E-state index is 0.335. The molecule has 2 bridgehead atoms.